The van der Waals surface area contributed by atoms with Gasteiger partial charge in [-0.25, -0.2) is 9.18 Å². The number of carbonyl (C=O) groups is 2. The van der Waals surface area contributed by atoms with Gasteiger partial charge in [-0.05, 0) is 18.1 Å². The first-order chi connectivity index (χ1) is 9.79. The summed E-state index contributed by atoms with van der Waals surface area (Å²) < 4.78 is 13.3. The third-order valence-corrected chi connectivity index (χ3v) is 4.00. The first-order valence-electron chi connectivity index (χ1n) is 6.23. The molecule has 0 aromatic heterocycles. The van der Waals surface area contributed by atoms with Crippen molar-refractivity contribution in [2.75, 3.05) is 18.4 Å². The second-order valence-corrected chi connectivity index (χ2v) is 5.83. The van der Waals surface area contributed by atoms with Crippen molar-refractivity contribution >= 4 is 40.9 Å². The lowest BCUT2D eigenvalue weighted by molar-refractivity contribution is -0.142. The Morgan fingerprint density at radius 1 is 1.33 bits per heavy atom. The molecule has 0 aliphatic carbocycles. The van der Waals surface area contributed by atoms with Gasteiger partial charge in [-0.1, -0.05) is 30.1 Å². The number of anilines is 1. The maximum atomic E-state index is 13.3. The topological polar surface area (TPSA) is 69.6 Å². The average molecular weight is 335 g/mol. The van der Waals surface area contributed by atoms with Crippen molar-refractivity contribution in [3.8, 4) is 0 Å². The molecule has 0 unspecified atom stereocenters. The standard InChI is InChI=1S/C13H13Cl2FN2O3/c1-6-4-18(5-8(6)12(19)20)13(21)17-7-2-9(14)11(16)10(15)3-7/h2-3,6,8H,4-5H2,1H3,(H,17,21)(H,19,20)/t6-,8-/m1/s1. The van der Waals surface area contributed by atoms with Gasteiger partial charge in [-0.2, -0.15) is 0 Å². The Morgan fingerprint density at radius 2 is 1.90 bits per heavy atom. The van der Waals surface area contributed by atoms with Crippen LogP contribution in [0.3, 0.4) is 0 Å². The molecule has 2 amide bonds. The molecule has 1 heterocycles. The number of carboxylic acids is 1. The van der Waals surface area contributed by atoms with Crippen LogP contribution in [0.4, 0.5) is 14.9 Å². The molecule has 1 aromatic rings. The molecular weight excluding hydrogens is 322 g/mol. The minimum absolute atomic E-state index is 0.130. The largest absolute Gasteiger partial charge is 0.481 e. The van der Waals surface area contributed by atoms with Gasteiger partial charge < -0.3 is 15.3 Å². The number of hydrogen-bond donors (Lipinski definition) is 2. The van der Waals surface area contributed by atoms with Crippen molar-refractivity contribution in [2.24, 2.45) is 11.8 Å². The highest BCUT2D eigenvalue weighted by molar-refractivity contribution is 6.35. The summed E-state index contributed by atoms with van der Waals surface area (Å²) in [5.74, 6) is -2.40. The highest BCUT2D eigenvalue weighted by Gasteiger charge is 2.37. The van der Waals surface area contributed by atoms with E-state index in [4.69, 9.17) is 28.3 Å². The van der Waals surface area contributed by atoms with Gasteiger partial charge in [0.25, 0.3) is 0 Å². The van der Waals surface area contributed by atoms with Crippen LogP contribution in [-0.2, 0) is 4.79 Å². The highest BCUT2D eigenvalue weighted by Crippen LogP contribution is 2.28. The molecule has 114 valence electrons. The van der Waals surface area contributed by atoms with E-state index in [2.05, 4.69) is 5.32 Å². The Labute approximate surface area is 130 Å². The number of carboxylic acid groups (broad SMARTS) is 1. The maximum Gasteiger partial charge on any atom is 0.321 e. The minimum atomic E-state index is -0.925. The van der Waals surface area contributed by atoms with Crippen LogP contribution in [0.25, 0.3) is 0 Å². The van der Waals surface area contributed by atoms with Crippen molar-refractivity contribution < 1.29 is 19.1 Å². The molecule has 1 aromatic carbocycles. The van der Waals surface area contributed by atoms with Crippen molar-refractivity contribution in [1.29, 1.82) is 0 Å². The normalized spacial score (nSPS) is 21.4. The Balaban J connectivity index is 2.08. The van der Waals surface area contributed by atoms with Crippen LogP contribution in [0.2, 0.25) is 10.0 Å². The fourth-order valence-electron chi connectivity index (χ4n) is 2.28. The zero-order valence-electron chi connectivity index (χ0n) is 11.1. The molecule has 1 aliphatic rings. The van der Waals surface area contributed by atoms with Gasteiger partial charge in [-0.3, -0.25) is 4.79 Å². The van der Waals surface area contributed by atoms with Crippen LogP contribution in [0.5, 0.6) is 0 Å². The lowest BCUT2D eigenvalue weighted by Crippen LogP contribution is -2.33. The van der Waals surface area contributed by atoms with Crippen LogP contribution in [0.15, 0.2) is 12.1 Å². The lowest BCUT2D eigenvalue weighted by Gasteiger charge is -2.17. The van der Waals surface area contributed by atoms with Gasteiger partial charge in [0.05, 0.1) is 16.0 Å². The summed E-state index contributed by atoms with van der Waals surface area (Å²) in [4.78, 5) is 24.5. The van der Waals surface area contributed by atoms with Crippen molar-refractivity contribution in [1.82, 2.24) is 4.90 Å². The first kappa shape index (κ1) is 15.9. The molecule has 0 bridgehead atoms. The van der Waals surface area contributed by atoms with Crippen LogP contribution in [-0.4, -0.2) is 35.1 Å². The lowest BCUT2D eigenvalue weighted by atomic mass is 9.99. The molecule has 5 nitrogen and oxygen atoms in total. The predicted octanol–water partition coefficient (Wildman–Crippen LogP) is 3.32. The second kappa shape index (κ2) is 6.07. The van der Waals surface area contributed by atoms with E-state index < -0.39 is 23.7 Å². The predicted molar refractivity (Wildman–Crippen MR) is 77.3 cm³/mol. The van der Waals surface area contributed by atoms with E-state index in [1.165, 1.54) is 17.0 Å². The third kappa shape index (κ3) is 3.39. The molecule has 0 radical (unpaired) electrons. The monoisotopic (exact) mass is 334 g/mol. The third-order valence-electron chi connectivity index (χ3n) is 3.45. The number of nitrogens with zero attached hydrogens (tertiary/aromatic N) is 1. The number of hydrogen-bond acceptors (Lipinski definition) is 2. The molecule has 0 spiro atoms. The molecular formula is C13H13Cl2FN2O3. The van der Waals surface area contributed by atoms with Gasteiger partial charge >= 0.3 is 12.0 Å². The van der Waals surface area contributed by atoms with E-state index in [1.54, 1.807) is 6.92 Å². The number of amides is 2. The van der Waals surface area contributed by atoms with E-state index in [9.17, 15) is 14.0 Å². The SMILES string of the molecule is C[C@@H]1CN(C(=O)Nc2cc(Cl)c(F)c(Cl)c2)C[C@H]1C(=O)O. The van der Waals surface area contributed by atoms with Gasteiger partial charge in [0.15, 0.2) is 5.82 Å². The van der Waals surface area contributed by atoms with E-state index in [1.807, 2.05) is 0 Å². The molecule has 1 saturated heterocycles. The number of urea groups is 1. The Kier molecular flexibility index (Phi) is 4.58. The van der Waals surface area contributed by atoms with Gasteiger partial charge in [0.1, 0.15) is 0 Å². The molecule has 2 atom stereocenters. The van der Waals surface area contributed by atoms with E-state index in [0.29, 0.717) is 6.54 Å². The fourth-order valence-corrected chi connectivity index (χ4v) is 2.77. The summed E-state index contributed by atoms with van der Waals surface area (Å²) in [6, 6.07) is 2.02. The fraction of sp³-hybridized carbons (Fsp3) is 0.385. The number of halogens is 3. The summed E-state index contributed by atoms with van der Waals surface area (Å²) in [7, 11) is 0. The second-order valence-electron chi connectivity index (χ2n) is 5.01. The van der Waals surface area contributed by atoms with Gasteiger partial charge in [0, 0.05) is 18.8 Å². The quantitative estimate of drug-likeness (QED) is 0.815. The Bertz CT molecular complexity index is 574. The number of aliphatic carboxylic acids is 1. The van der Waals surface area contributed by atoms with E-state index >= 15 is 0 Å². The number of benzene rings is 1. The number of carbonyl (C=O) groups excluding carboxylic acids is 1. The molecule has 21 heavy (non-hydrogen) atoms. The van der Waals surface area contributed by atoms with E-state index in [0.717, 1.165) is 0 Å². The molecule has 0 saturated carbocycles. The van der Waals surface area contributed by atoms with Crippen molar-refractivity contribution in [2.45, 2.75) is 6.92 Å². The van der Waals surface area contributed by atoms with Crippen LogP contribution in [0.1, 0.15) is 6.92 Å². The maximum absolute atomic E-state index is 13.3. The average Bonchev–Trinajstić information content (AvgIpc) is 2.78. The molecule has 8 heteroatoms. The highest BCUT2D eigenvalue weighted by atomic mass is 35.5. The smallest absolute Gasteiger partial charge is 0.321 e. The van der Waals surface area contributed by atoms with Crippen molar-refractivity contribution in [3.05, 3.63) is 28.0 Å². The van der Waals surface area contributed by atoms with Crippen LogP contribution in [0, 0.1) is 17.7 Å². The summed E-state index contributed by atoms with van der Waals surface area (Å²) in [5, 5.41) is 11.2. The zero-order valence-corrected chi connectivity index (χ0v) is 12.6. The molecule has 1 fully saturated rings. The number of nitrogens with one attached hydrogen (secondary N) is 1. The summed E-state index contributed by atoms with van der Waals surface area (Å²) in [6.07, 6.45) is 0. The molecule has 2 N–H and O–H groups in total. The number of rotatable bonds is 2. The van der Waals surface area contributed by atoms with Gasteiger partial charge in [0.2, 0.25) is 0 Å². The molecule has 1 aliphatic heterocycles. The summed E-state index contributed by atoms with van der Waals surface area (Å²) >= 11 is 11.3. The van der Waals surface area contributed by atoms with E-state index in [-0.39, 0.29) is 28.2 Å². The van der Waals surface area contributed by atoms with Crippen LogP contribution < -0.4 is 5.32 Å². The summed E-state index contributed by atoms with van der Waals surface area (Å²) in [5.41, 5.74) is 0.253. The summed E-state index contributed by atoms with van der Waals surface area (Å²) in [6.45, 7) is 2.24. The zero-order chi connectivity index (χ0) is 15.7. The first-order valence-corrected chi connectivity index (χ1v) is 6.98. The minimum Gasteiger partial charge on any atom is -0.481 e. The van der Waals surface area contributed by atoms with Gasteiger partial charge in [-0.15, -0.1) is 0 Å². The molecule has 2 rings (SSSR count). The van der Waals surface area contributed by atoms with Crippen LogP contribution >= 0.6 is 23.2 Å². The van der Waals surface area contributed by atoms with Crippen molar-refractivity contribution in [3.63, 3.8) is 0 Å². The number of likely N-dealkylation sites (tertiary alicyclic amines) is 1. The Morgan fingerprint density at radius 3 is 2.38 bits per heavy atom. The Hall–Kier alpha value is -1.53.